The number of likely N-dealkylation sites (N-methyl/N-ethyl adjacent to an activating group) is 1. The number of rotatable bonds is 8. The van der Waals surface area contributed by atoms with Crippen LogP contribution in [0.2, 0.25) is 5.02 Å². The molecule has 34 heavy (non-hydrogen) atoms. The van der Waals surface area contributed by atoms with Gasteiger partial charge in [-0.2, -0.15) is 0 Å². The third kappa shape index (κ3) is 5.53. The van der Waals surface area contributed by atoms with E-state index in [1.54, 1.807) is 30.3 Å². The number of hydrogen-bond acceptors (Lipinski definition) is 4. The van der Waals surface area contributed by atoms with E-state index in [0.29, 0.717) is 27.5 Å². The van der Waals surface area contributed by atoms with Crippen LogP contribution in [0.25, 0.3) is 0 Å². The lowest BCUT2D eigenvalue weighted by molar-refractivity contribution is -0.136. The highest BCUT2D eigenvalue weighted by atomic mass is 35.5. The van der Waals surface area contributed by atoms with Gasteiger partial charge in [-0.1, -0.05) is 48.0 Å². The van der Waals surface area contributed by atoms with Gasteiger partial charge in [-0.3, -0.25) is 14.6 Å². The SMILES string of the molecule is CN(C)CCc1ccc(N=C(c2cccc(CC(=O)O)c2)C2C(=O)Nc3cc(Cl)ccc32)cc1. The largest absolute Gasteiger partial charge is 0.481 e. The molecule has 0 aromatic heterocycles. The lowest BCUT2D eigenvalue weighted by atomic mass is 9.89. The summed E-state index contributed by atoms with van der Waals surface area (Å²) < 4.78 is 0. The second kappa shape index (κ2) is 10.2. The van der Waals surface area contributed by atoms with Crippen molar-refractivity contribution in [2.24, 2.45) is 4.99 Å². The first-order chi connectivity index (χ1) is 16.3. The highest BCUT2D eigenvalue weighted by Gasteiger charge is 2.35. The summed E-state index contributed by atoms with van der Waals surface area (Å²) in [5, 5.41) is 12.7. The number of nitrogens with one attached hydrogen (secondary N) is 1. The molecule has 1 aliphatic rings. The van der Waals surface area contributed by atoms with Gasteiger partial charge < -0.3 is 15.3 Å². The van der Waals surface area contributed by atoms with Gasteiger partial charge in [0.05, 0.1) is 17.8 Å². The first-order valence-corrected chi connectivity index (χ1v) is 11.4. The maximum atomic E-state index is 13.1. The molecular weight excluding hydrogens is 450 g/mol. The third-order valence-electron chi connectivity index (χ3n) is 5.73. The van der Waals surface area contributed by atoms with E-state index in [1.165, 1.54) is 5.56 Å². The normalized spacial score (nSPS) is 15.4. The maximum absolute atomic E-state index is 13.1. The van der Waals surface area contributed by atoms with E-state index in [9.17, 15) is 14.7 Å². The molecule has 3 aromatic carbocycles. The Kier molecular flexibility index (Phi) is 7.10. The first kappa shape index (κ1) is 23.7. The molecule has 4 rings (SSSR count). The summed E-state index contributed by atoms with van der Waals surface area (Å²) in [4.78, 5) is 31.4. The van der Waals surface area contributed by atoms with Crippen LogP contribution in [-0.2, 0) is 22.4 Å². The van der Waals surface area contributed by atoms with E-state index < -0.39 is 11.9 Å². The van der Waals surface area contributed by atoms with Crippen molar-refractivity contribution >= 4 is 40.6 Å². The van der Waals surface area contributed by atoms with Crippen molar-refractivity contribution in [2.45, 2.75) is 18.8 Å². The number of aliphatic imine (C=N–C) groups is 1. The van der Waals surface area contributed by atoms with E-state index >= 15 is 0 Å². The van der Waals surface area contributed by atoms with Crippen LogP contribution in [0.1, 0.15) is 28.2 Å². The van der Waals surface area contributed by atoms with Gasteiger partial charge in [0.25, 0.3) is 0 Å². The zero-order chi connectivity index (χ0) is 24.2. The van der Waals surface area contributed by atoms with Gasteiger partial charge in [0, 0.05) is 17.3 Å². The summed E-state index contributed by atoms with van der Waals surface area (Å²) in [6.45, 7) is 0.950. The number of fused-ring (bicyclic) bond motifs is 1. The highest BCUT2D eigenvalue weighted by molar-refractivity contribution is 6.31. The van der Waals surface area contributed by atoms with Crippen LogP contribution in [0.5, 0.6) is 0 Å². The van der Waals surface area contributed by atoms with Crippen LogP contribution in [0, 0.1) is 0 Å². The minimum absolute atomic E-state index is 0.106. The van der Waals surface area contributed by atoms with E-state index in [1.807, 2.05) is 50.5 Å². The Morgan fingerprint density at radius 3 is 2.53 bits per heavy atom. The van der Waals surface area contributed by atoms with Crippen molar-refractivity contribution in [1.29, 1.82) is 0 Å². The lowest BCUT2D eigenvalue weighted by Crippen LogP contribution is -2.22. The van der Waals surface area contributed by atoms with Crippen LogP contribution >= 0.6 is 11.6 Å². The van der Waals surface area contributed by atoms with Gasteiger partial charge in [0.2, 0.25) is 5.91 Å². The predicted molar refractivity (Wildman–Crippen MR) is 136 cm³/mol. The molecule has 0 fully saturated rings. The molecule has 1 atom stereocenters. The predicted octanol–water partition coefficient (Wildman–Crippen LogP) is 4.93. The highest BCUT2D eigenvalue weighted by Crippen LogP contribution is 2.37. The molecule has 6 nitrogen and oxygen atoms in total. The van der Waals surface area contributed by atoms with Crippen molar-refractivity contribution in [3.8, 4) is 0 Å². The monoisotopic (exact) mass is 475 g/mol. The molecular formula is C27H26ClN3O3. The number of carbonyl (C=O) groups excluding carboxylic acids is 1. The van der Waals surface area contributed by atoms with Crippen LogP contribution in [0.4, 0.5) is 11.4 Å². The Labute approximate surface area is 203 Å². The smallest absolute Gasteiger partial charge is 0.307 e. The molecule has 3 aromatic rings. The topological polar surface area (TPSA) is 82.0 Å². The number of benzene rings is 3. The number of carboxylic acids is 1. The summed E-state index contributed by atoms with van der Waals surface area (Å²) >= 11 is 6.13. The number of aliphatic carboxylic acids is 1. The number of amides is 1. The second-order valence-corrected chi connectivity index (χ2v) is 9.08. The van der Waals surface area contributed by atoms with Crippen molar-refractivity contribution in [3.05, 3.63) is 94.0 Å². The average molecular weight is 476 g/mol. The van der Waals surface area contributed by atoms with E-state index in [-0.39, 0.29) is 12.3 Å². The minimum Gasteiger partial charge on any atom is -0.481 e. The van der Waals surface area contributed by atoms with E-state index in [4.69, 9.17) is 16.6 Å². The number of halogens is 1. The first-order valence-electron chi connectivity index (χ1n) is 11.0. The van der Waals surface area contributed by atoms with Crippen molar-refractivity contribution in [2.75, 3.05) is 26.0 Å². The molecule has 0 saturated heterocycles. The van der Waals surface area contributed by atoms with Gasteiger partial charge in [-0.25, -0.2) is 0 Å². The van der Waals surface area contributed by atoms with Crippen LogP contribution in [-0.4, -0.2) is 48.2 Å². The van der Waals surface area contributed by atoms with Crippen molar-refractivity contribution in [1.82, 2.24) is 4.90 Å². The molecule has 7 heteroatoms. The fraction of sp³-hybridized carbons (Fsp3) is 0.222. The number of nitrogens with zero attached hydrogens (tertiary/aromatic N) is 2. The zero-order valence-electron chi connectivity index (χ0n) is 19.1. The van der Waals surface area contributed by atoms with Gasteiger partial charge in [-0.15, -0.1) is 0 Å². The fourth-order valence-electron chi connectivity index (χ4n) is 4.05. The molecule has 1 amide bonds. The van der Waals surface area contributed by atoms with Crippen LogP contribution in [0.3, 0.4) is 0 Å². The molecule has 1 unspecified atom stereocenters. The quantitative estimate of drug-likeness (QED) is 0.453. The van der Waals surface area contributed by atoms with Gasteiger partial charge in [0.1, 0.15) is 5.92 Å². The molecule has 0 radical (unpaired) electrons. The Balaban J connectivity index is 1.77. The molecule has 1 heterocycles. The average Bonchev–Trinajstić information content (AvgIpc) is 3.11. The minimum atomic E-state index is -0.914. The molecule has 0 saturated carbocycles. The Hall–Kier alpha value is -3.48. The van der Waals surface area contributed by atoms with Gasteiger partial charge in [0.15, 0.2) is 0 Å². The fourth-order valence-corrected chi connectivity index (χ4v) is 4.22. The Morgan fingerprint density at radius 2 is 1.82 bits per heavy atom. The lowest BCUT2D eigenvalue weighted by Gasteiger charge is -2.15. The number of hydrogen-bond donors (Lipinski definition) is 2. The zero-order valence-corrected chi connectivity index (χ0v) is 19.8. The molecule has 2 N–H and O–H groups in total. The molecule has 0 bridgehead atoms. The molecule has 174 valence electrons. The van der Waals surface area contributed by atoms with Crippen molar-refractivity contribution in [3.63, 3.8) is 0 Å². The third-order valence-corrected chi connectivity index (χ3v) is 5.97. The molecule has 0 aliphatic carbocycles. The standard InChI is InChI=1S/C27H26ClN3O3/c1-31(2)13-12-17-6-9-21(10-7-17)29-26(19-5-3-4-18(14-19)15-24(32)33)25-22-11-8-20(28)16-23(22)30-27(25)34/h3-11,14,16,25H,12-13,15H2,1-2H3,(H,30,34)(H,32,33). The summed E-state index contributed by atoms with van der Waals surface area (Å²) in [5.41, 5.74) is 5.30. The number of carbonyl (C=O) groups is 2. The summed E-state index contributed by atoms with van der Waals surface area (Å²) in [6, 6.07) is 20.5. The molecule has 1 aliphatic heterocycles. The summed E-state index contributed by atoms with van der Waals surface area (Å²) in [5.74, 6) is -1.74. The maximum Gasteiger partial charge on any atom is 0.307 e. The van der Waals surface area contributed by atoms with Gasteiger partial charge >= 0.3 is 5.97 Å². The summed E-state index contributed by atoms with van der Waals surface area (Å²) in [7, 11) is 4.09. The second-order valence-electron chi connectivity index (χ2n) is 8.64. The Morgan fingerprint density at radius 1 is 1.06 bits per heavy atom. The van der Waals surface area contributed by atoms with Crippen LogP contribution < -0.4 is 5.32 Å². The Bertz CT molecular complexity index is 1250. The van der Waals surface area contributed by atoms with Gasteiger partial charge in [-0.05, 0) is 73.1 Å². The summed E-state index contributed by atoms with van der Waals surface area (Å²) in [6.07, 6.45) is 0.824. The number of anilines is 1. The molecule has 0 spiro atoms. The number of carboxylic acid groups (broad SMARTS) is 1. The van der Waals surface area contributed by atoms with Crippen LogP contribution in [0.15, 0.2) is 71.7 Å². The van der Waals surface area contributed by atoms with E-state index in [0.717, 1.165) is 24.2 Å². The van der Waals surface area contributed by atoms with E-state index in [2.05, 4.69) is 10.2 Å². The van der Waals surface area contributed by atoms with Crippen molar-refractivity contribution < 1.29 is 14.7 Å².